The number of hydrogen-bond donors (Lipinski definition) is 3. The fourth-order valence-electron chi connectivity index (χ4n) is 2.43. The van der Waals surface area contributed by atoms with Crippen molar-refractivity contribution in [1.82, 2.24) is 16.1 Å². The van der Waals surface area contributed by atoms with Crippen molar-refractivity contribution in [3.8, 4) is 5.75 Å². The van der Waals surface area contributed by atoms with E-state index in [2.05, 4.69) is 21.2 Å². The lowest BCUT2D eigenvalue weighted by molar-refractivity contribution is -0.139. The Kier molecular flexibility index (Phi) is 9.74. The summed E-state index contributed by atoms with van der Waals surface area (Å²) in [5, 5.41) is 9.09. The summed E-state index contributed by atoms with van der Waals surface area (Å²) in [4.78, 5) is 35.1. The highest BCUT2D eigenvalue weighted by molar-refractivity contribution is 6.35. The summed E-state index contributed by atoms with van der Waals surface area (Å²) < 4.78 is 5.47. The van der Waals surface area contributed by atoms with Gasteiger partial charge in [0.05, 0.1) is 6.21 Å². The number of hydrazone groups is 1. The molecule has 8 nitrogen and oxygen atoms in total. The molecule has 0 saturated heterocycles. The maximum Gasteiger partial charge on any atom is 0.329 e. The SMILES string of the molecule is CC(C)CNC(=O)C(=O)N/N=C\c1ccc(OCC(=O)NCCc2ccccc2)cc1. The van der Waals surface area contributed by atoms with Gasteiger partial charge in [-0.1, -0.05) is 44.2 Å². The van der Waals surface area contributed by atoms with Crippen LogP contribution in [0.1, 0.15) is 25.0 Å². The number of nitrogens with zero attached hydrogens (tertiary/aromatic N) is 1. The molecule has 0 aliphatic carbocycles. The van der Waals surface area contributed by atoms with E-state index in [1.54, 1.807) is 24.3 Å². The number of ether oxygens (including phenoxy) is 1. The zero-order valence-corrected chi connectivity index (χ0v) is 17.8. The first-order valence-corrected chi connectivity index (χ1v) is 10.1. The zero-order valence-electron chi connectivity index (χ0n) is 17.8. The number of benzene rings is 2. The van der Waals surface area contributed by atoms with E-state index < -0.39 is 11.8 Å². The molecule has 2 aromatic rings. The number of hydrogen-bond acceptors (Lipinski definition) is 5. The largest absolute Gasteiger partial charge is 0.484 e. The molecule has 0 spiro atoms. The summed E-state index contributed by atoms with van der Waals surface area (Å²) in [7, 11) is 0. The normalized spacial score (nSPS) is 10.7. The van der Waals surface area contributed by atoms with Crippen LogP contribution in [0.5, 0.6) is 5.75 Å². The fraction of sp³-hybridized carbons (Fsp3) is 0.304. The molecular weight excluding hydrogens is 396 g/mol. The first kappa shape index (κ1) is 23.6. The molecule has 0 aliphatic heterocycles. The van der Waals surface area contributed by atoms with E-state index in [-0.39, 0.29) is 18.4 Å². The molecule has 3 amide bonds. The van der Waals surface area contributed by atoms with Crippen molar-refractivity contribution in [3.63, 3.8) is 0 Å². The predicted molar refractivity (Wildman–Crippen MR) is 119 cm³/mol. The van der Waals surface area contributed by atoms with Gasteiger partial charge in [0.15, 0.2) is 6.61 Å². The molecule has 3 N–H and O–H groups in total. The summed E-state index contributed by atoms with van der Waals surface area (Å²) in [6.07, 6.45) is 2.17. The van der Waals surface area contributed by atoms with Gasteiger partial charge in [0.2, 0.25) is 0 Å². The number of carbonyl (C=O) groups is 3. The van der Waals surface area contributed by atoms with Gasteiger partial charge in [-0.2, -0.15) is 5.10 Å². The van der Waals surface area contributed by atoms with Crippen LogP contribution in [0.25, 0.3) is 0 Å². The summed E-state index contributed by atoms with van der Waals surface area (Å²) in [5.41, 5.74) is 4.03. The van der Waals surface area contributed by atoms with E-state index in [9.17, 15) is 14.4 Å². The molecule has 0 aliphatic rings. The number of amides is 3. The highest BCUT2D eigenvalue weighted by Crippen LogP contribution is 2.10. The lowest BCUT2D eigenvalue weighted by Crippen LogP contribution is -2.39. The third kappa shape index (κ3) is 9.58. The van der Waals surface area contributed by atoms with E-state index in [4.69, 9.17) is 4.74 Å². The van der Waals surface area contributed by atoms with Crippen LogP contribution in [0.2, 0.25) is 0 Å². The summed E-state index contributed by atoms with van der Waals surface area (Å²) in [6.45, 7) is 4.75. The predicted octanol–water partition coefficient (Wildman–Crippen LogP) is 1.65. The molecule has 0 saturated carbocycles. The number of carbonyl (C=O) groups excluding carboxylic acids is 3. The number of nitrogens with one attached hydrogen (secondary N) is 3. The van der Waals surface area contributed by atoms with Crippen molar-refractivity contribution < 1.29 is 19.1 Å². The van der Waals surface area contributed by atoms with Gasteiger partial charge in [-0.3, -0.25) is 14.4 Å². The smallest absolute Gasteiger partial charge is 0.329 e. The van der Waals surface area contributed by atoms with Crippen LogP contribution in [0.15, 0.2) is 59.7 Å². The van der Waals surface area contributed by atoms with E-state index in [0.29, 0.717) is 24.4 Å². The van der Waals surface area contributed by atoms with Crippen molar-refractivity contribution in [2.24, 2.45) is 11.0 Å². The first-order chi connectivity index (χ1) is 14.9. The second-order valence-electron chi connectivity index (χ2n) is 7.25. The third-order valence-electron chi connectivity index (χ3n) is 4.09. The Hall–Kier alpha value is -3.68. The van der Waals surface area contributed by atoms with Crippen molar-refractivity contribution >= 4 is 23.9 Å². The van der Waals surface area contributed by atoms with Gasteiger partial charge in [0.25, 0.3) is 5.91 Å². The summed E-state index contributed by atoms with van der Waals surface area (Å²) in [5.74, 6) is -0.958. The Labute approximate surface area is 182 Å². The van der Waals surface area contributed by atoms with Crippen molar-refractivity contribution in [2.45, 2.75) is 20.3 Å². The Balaban J connectivity index is 1.67. The molecule has 8 heteroatoms. The van der Waals surface area contributed by atoms with E-state index in [1.165, 1.54) is 6.21 Å². The monoisotopic (exact) mass is 424 g/mol. The van der Waals surface area contributed by atoms with Gasteiger partial charge >= 0.3 is 11.8 Å². The number of rotatable bonds is 10. The lowest BCUT2D eigenvalue weighted by Gasteiger charge is -2.08. The van der Waals surface area contributed by atoms with Crippen LogP contribution in [0, 0.1) is 5.92 Å². The molecule has 2 rings (SSSR count). The second-order valence-corrected chi connectivity index (χ2v) is 7.25. The van der Waals surface area contributed by atoms with Gasteiger partial charge in [-0.15, -0.1) is 0 Å². The van der Waals surface area contributed by atoms with Gasteiger partial charge < -0.3 is 15.4 Å². The quantitative estimate of drug-likeness (QED) is 0.306. The van der Waals surface area contributed by atoms with Crippen LogP contribution in [0.4, 0.5) is 0 Å². The van der Waals surface area contributed by atoms with Gasteiger partial charge in [-0.25, -0.2) is 5.43 Å². The summed E-state index contributed by atoms with van der Waals surface area (Å²) in [6, 6.07) is 16.7. The van der Waals surface area contributed by atoms with E-state index in [1.807, 2.05) is 44.2 Å². The highest BCUT2D eigenvalue weighted by Gasteiger charge is 2.12. The Morgan fingerprint density at radius 1 is 0.968 bits per heavy atom. The molecule has 0 atom stereocenters. The molecular formula is C23H28N4O4. The fourth-order valence-corrected chi connectivity index (χ4v) is 2.43. The lowest BCUT2D eigenvalue weighted by atomic mass is 10.1. The Bertz CT molecular complexity index is 880. The third-order valence-corrected chi connectivity index (χ3v) is 4.09. The van der Waals surface area contributed by atoms with E-state index in [0.717, 1.165) is 12.0 Å². The molecule has 164 valence electrons. The molecule has 0 unspecified atom stereocenters. The Morgan fingerprint density at radius 2 is 1.68 bits per heavy atom. The molecule has 0 aromatic heterocycles. The molecule has 31 heavy (non-hydrogen) atoms. The first-order valence-electron chi connectivity index (χ1n) is 10.1. The minimum absolute atomic E-state index is 0.0796. The minimum Gasteiger partial charge on any atom is -0.484 e. The molecule has 2 aromatic carbocycles. The topological polar surface area (TPSA) is 109 Å². The van der Waals surface area contributed by atoms with Crippen LogP contribution in [0.3, 0.4) is 0 Å². The Morgan fingerprint density at radius 3 is 2.35 bits per heavy atom. The van der Waals surface area contributed by atoms with Crippen molar-refractivity contribution in [3.05, 3.63) is 65.7 Å². The van der Waals surface area contributed by atoms with Crippen molar-refractivity contribution in [2.75, 3.05) is 19.7 Å². The second kappa shape index (κ2) is 12.8. The minimum atomic E-state index is -0.824. The zero-order chi connectivity index (χ0) is 22.5. The molecule has 0 heterocycles. The maximum absolute atomic E-state index is 11.9. The van der Waals surface area contributed by atoms with Crippen LogP contribution in [-0.4, -0.2) is 43.6 Å². The van der Waals surface area contributed by atoms with E-state index >= 15 is 0 Å². The maximum atomic E-state index is 11.9. The van der Waals surface area contributed by atoms with Gasteiger partial charge in [0, 0.05) is 13.1 Å². The van der Waals surface area contributed by atoms with Crippen molar-refractivity contribution in [1.29, 1.82) is 0 Å². The molecule has 0 bridgehead atoms. The standard InChI is InChI=1S/C23H28N4O4/c1-17(2)14-25-22(29)23(30)27-26-15-19-8-10-20(11-9-19)31-16-21(28)24-13-12-18-6-4-3-5-7-18/h3-11,15,17H,12-14,16H2,1-2H3,(H,24,28)(H,25,29)(H,27,30)/b26-15-. The highest BCUT2D eigenvalue weighted by atomic mass is 16.5. The average molecular weight is 425 g/mol. The average Bonchev–Trinajstić information content (AvgIpc) is 2.77. The van der Waals surface area contributed by atoms with Crippen LogP contribution < -0.4 is 20.8 Å². The molecule has 0 fully saturated rings. The van der Waals surface area contributed by atoms with Gasteiger partial charge in [-0.05, 0) is 47.7 Å². The van der Waals surface area contributed by atoms with Crippen LogP contribution >= 0.6 is 0 Å². The van der Waals surface area contributed by atoms with Gasteiger partial charge in [0.1, 0.15) is 5.75 Å². The summed E-state index contributed by atoms with van der Waals surface area (Å²) >= 11 is 0. The molecule has 0 radical (unpaired) electrons. The van der Waals surface area contributed by atoms with Crippen LogP contribution in [-0.2, 0) is 20.8 Å².